The summed E-state index contributed by atoms with van der Waals surface area (Å²) in [5.74, 6) is 1.87. The Hall–Kier alpha value is -2.54. The van der Waals surface area contributed by atoms with Gasteiger partial charge in [0.25, 0.3) is 0 Å². The average molecular weight is 413 g/mol. The second-order valence-electron chi connectivity index (χ2n) is 8.72. The molecule has 5 rings (SSSR count). The summed E-state index contributed by atoms with van der Waals surface area (Å²) >= 11 is 0. The molecule has 7 nitrogen and oxygen atoms in total. The zero-order valence-corrected chi connectivity index (χ0v) is 18.3. The van der Waals surface area contributed by atoms with Crippen LogP contribution in [0, 0.1) is 5.92 Å². The summed E-state index contributed by atoms with van der Waals surface area (Å²) in [6, 6.07) is 10.6. The molecule has 1 aromatic carbocycles. The van der Waals surface area contributed by atoms with Crippen molar-refractivity contribution in [2.45, 2.75) is 44.7 Å². The molecule has 1 aromatic heterocycles. The fraction of sp³-hybridized carbons (Fsp3) is 0.565. The zero-order chi connectivity index (χ0) is 21.3. The number of benzene rings is 1. The predicted molar refractivity (Wildman–Crippen MR) is 116 cm³/mol. The number of nitrogens with zero attached hydrogens (tertiary/aromatic N) is 3. The van der Waals surface area contributed by atoms with Gasteiger partial charge in [0.2, 0.25) is 0 Å². The van der Waals surface area contributed by atoms with Gasteiger partial charge in [-0.3, -0.25) is 9.58 Å². The Morgan fingerprint density at radius 1 is 1.33 bits per heavy atom. The molecule has 0 aliphatic carbocycles. The van der Waals surface area contributed by atoms with Gasteiger partial charge in [-0.25, -0.2) is 4.79 Å². The molecular formula is C23H32N4O3. The van der Waals surface area contributed by atoms with Crippen molar-refractivity contribution in [1.82, 2.24) is 20.0 Å². The molecule has 2 aromatic rings. The van der Waals surface area contributed by atoms with Crippen LogP contribution in [0.25, 0.3) is 11.3 Å². The molecule has 4 heterocycles. The Morgan fingerprint density at radius 2 is 2.13 bits per heavy atom. The van der Waals surface area contributed by atoms with E-state index in [1.165, 1.54) is 12.1 Å². The zero-order valence-electron chi connectivity index (χ0n) is 18.3. The van der Waals surface area contributed by atoms with E-state index in [1.807, 2.05) is 43.8 Å². The van der Waals surface area contributed by atoms with Crippen molar-refractivity contribution in [1.29, 1.82) is 0 Å². The molecule has 0 radical (unpaired) electrons. The summed E-state index contributed by atoms with van der Waals surface area (Å²) in [6.07, 6.45) is 1.90. The third-order valence-electron chi connectivity index (χ3n) is 6.37. The summed E-state index contributed by atoms with van der Waals surface area (Å²) in [5, 5.41) is 7.59. The molecule has 3 aliphatic rings. The summed E-state index contributed by atoms with van der Waals surface area (Å²) < 4.78 is 13.0. The third kappa shape index (κ3) is 4.17. The number of nitrogens with one attached hydrogen (secondary N) is 1. The number of hydrogen-bond acceptors (Lipinski definition) is 5. The van der Waals surface area contributed by atoms with Gasteiger partial charge in [0.1, 0.15) is 12.4 Å². The van der Waals surface area contributed by atoms with Crippen LogP contribution in [-0.4, -0.2) is 59.7 Å². The van der Waals surface area contributed by atoms with Crippen molar-refractivity contribution in [2.75, 3.05) is 26.8 Å². The number of aromatic nitrogens is 2. The number of rotatable bonds is 6. The molecule has 162 valence electrons. The molecule has 2 bridgehead atoms. The third-order valence-corrected chi connectivity index (χ3v) is 6.37. The van der Waals surface area contributed by atoms with Gasteiger partial charge in [-0.15, -0.1) is 0 Å². The van der Waals surface area contributed by atoms with Crippen LogP contribution < -0.4 is 10.1 Å². The number of hydrogen-bond donors (Lipinski definition) is 1. The van der Waals surface area contributed by atoms with Crippen molar-refractivity contribution < 1.29 is 14.3 Å². The number of carbonyl (C=O) groups is 1. The maximum Gasteiger partial charge on any atom is 0.407 e. The van der Waals surface area contributed by atoms with Crippen LogP contribution in [0.15, 0.2) is 30.3 Å². The highest BCUT2D eigenvalue weighted by Crippen LogP contribution is 2.43. The molecule has 3 aliphatic heterocycles. The molecule has 1 unspecified atom stereocenters. The smallest absolute Gasteiger partial charge is 0.407 e. The van der Waals surface area contributed by atoms with Crippen LogP contribution in [0.3, 0.4) is 0 Å². The number of ether oxygens (including phenoxy) is 2. The number of carbonyl (C=O) groups excluding carboxylic acids is 1. The largest absolute Gasteiger partial charge is 0.496 e. The Balaban J connectivity index is 1.46. The minimum absolute atomic E-state index is 0.0901. The molecule has 1 N–H and O–H groups in total. The monoisotopic (exact) mass is 412 g/mol. The van der Waals surface area contributed by atoms with Crippen LogP contribution in [0.5, 0.6) is 5.75 Å². The van der Waals surface area contributed by atoms with Gasteiger partial charge in [0, 0.05) is 42.9 Å². The van der Waals surface area contributed by atoms with E-state index in [9.17, 15) is 4.79 Å². The lowest BCUT2D eigenvalue weighted by atomic mass is 9.74. The summed E-state index contributed by atoms with van der Waals surface area (Å²) in [5.41, 5.74) is 3.24. The lowest BCUT2D eigenvalue weighted by Crippen LogP contribution is -2.54. The molecule has 7 heteroatoms. The summed E-state index contributed by atoms with van der Waals surface area (Å²) in [6.45, 7) is 6.38. The van der Waals surface area contributed by atoms with Gasteiger partial charge in [0.05, 0.1) is 12.8 Å². The van der Waals surface area contributed by atoms with Crippen LogP contribution in [-0.2, 0) is 11.8 Å². The molecule has 0 saturated carbocycles. The van der Waals surface area contributed by atoms with Crippen LogP contribution >= 0.6 is 0 Å². The van der Waals surface area contributed by atoms with Crippen molar-refractivity contribution in [3.05, 3.63) is 36.0 Å². The average Bonchev–Trinajstić information content (AvgIpc) is 3.13. The highest BCUT2D eigenvalue weighted by atomic mass is 16.5. The Bertz CT molecular complexity index is 894. The number of amides is 1. The van der Waals surface area contributed by atoms with Crippen LogP contribution in [0.4, 0.5) is 4.79 Å². The Labute approximate surface area is 178 Å². The highest BCUT2D eigenvalue weighted by Gasteiger charge is 2.42. The number of fused-ring (bicyclic) bond motifs is 3. The van der Waals surface area contributed by atoms with Gasteiger partial charge >= 0.3 is 6.09 Å². The highest BCUT2D eigenvalue weighted by molar-refractivity contribution is 5.68. The maximum atomic E-state index is 11.8. The van der Waals surface area contributed by atoms with E-state index < -0.39 is 0 Å². The Kier molecular flexibility index (Phi) is 5.99. The van der Waals surface area contributed by atoms with Gasteiger partial charge in [0.15, 0.2) is 0 Å². The fourth-order valence-corrected chi connectivity index (χ4v) is 4.91. The van der Waals surface area contributed by atoms with E-state index in [0.717, 1.165) is 36.5 Å². The number of piperidine rings is 3. The van der Waals surface area contributed by atoms with Gasteiger partial charge < -0.3 is 14.8 Å². The first kappa shape index (κ1) is 20.7. The second-order valence-corrected chi connectivity index (χ2v) is 8.72. The first-order chi connectivity index (χ1) is 14.5. The molecule has 1 amide bonds. The van der Waals surface area contributed by atoms with E-state index in [2.05, 4.69) is 22.3 Å². The molecule has 3 fully saturated rings. The number of alkyl carbamates (subject to hydrolysis) is 1. The molecule has 30 heavy (non-hydrogen) atoms. The lowest BCUT2D eigenvalue weighted by molar-refractivity contribution is -0.00441. The fourth-order valence-electron chi connectivity index (χ4n) is 4.91. The van der Waals surface area contributed by atoms with Crippen molar-refractivity contribution >= 4 is 6.09 Å². The second kappa shape index (κ2) is 8.68. The maximum absolute atomic E-state index is 11.8. The number of para-hydroxylation sites is 1. The first-order valence-corrected chi connectivity index (χ1v) is 10.8. The van der Waals surface area contributed by atoms with Gasteiger partial charge in [-0.2, -0.15) is 5.10 Å². The number of aryl methyl sites for hydroxylation is 1. The van der Waals surface area contributed by atoms with Crippen molar-refractivity contribution in [2.24, 2.45) is 13.0 Å². The molecule has 0 spiro atoms. The van der Waals surface area contributed by atoms with Crippen molar-refractivity contribution in [3.8, 4) is 17.0 Å². The van der Waals surface area contributed by atoms with E-state index >= 15 is 0 Å². The van der Waals surface area contributed by atoms with E-state index in [-0.39, 0.29) is 12.1 Å². The number of methoxy groups -OCH3 is 1. The molecule has 3 saturated heterocycles. The summed E-state index contributed by atoms with van der Waals surface area (Å²) in [4.78, 5) is 14.3. The predicted octanol–water partition coefficient (Wildman–Crippen LogP) is 3.41. The van der Waals surface area contributed by atoms with E-state index in [0.29, 0.717) is 24.5 Å². The van der Waals surface area contributed by atoms with Crippen LogP contribution in [0.1, 0.15) is 38.3 Å². The molecule has 4 atom stereocenters. The topological polar surface area (TPSA) is 68.6 Å². The van der Waals surface area contributed by atoms with E-state index in [1.54, 1.807) is 7.11 Å². The lowest BCUT2D eigenvalue weighted by Gasteiger charge is -2.49. The normalized spacial score (nSPS) is 25.4. The van der Waals surface area contributed by atoms with Crippen LogP contribution in [0.2, 0.25) is 0 Å². The Morgan fingerprint density at radius 3 is 2.83 bits per heavy atom. The SMILES string of the molecule is COc1ccccc1-c1cc([C@H]2CN3CC[C@H]2C[C@@H]3COC(=O)NC(C)C)n(C)n1. The standard InChI is InChI=1S/C23H32N4O3/c1-15(2)24-23(28)30-14-17-11-16-9-10-27(17)13-19(16)21-12-20(25-26(21)3)18-7-5-6-8-22(18)29-4/h5-8,12,15-17,19H,9-11,13-14H2,1-4H3,(H,24,28)/t16-,17+,19-/m0/s1. The minimum atomic E-state index is -0.322. The molecular weight excluding hydrogens is 380 g/mol. The minimum Gasteiger partial charge on any atom is -0.496 e. The van der Waals surface area contributed by atoms with Crippen molar-refractivity contribution in [3.63, 3.8) is 0 Å². The van der Waals surface area contributed by atoms with Gasteiger partial charge in [-0.1, -0.05) is 12.1 Å². The quantitative estimate of drug-likeness (QED) is 0.788. The van der Waals surface area contributed by atoms with Gasteiger partial charge in [-0.05, 0) is 57.4 Å². The first-order valence-electron chi connectivity index (χ1n) is 10.8. The summed E-state index contributed by atoms with van der Waals surface area (Å²) in [7, 11) is 3.72. The van der Waals surface area contributed by atoms with E-state index in [4.69, 9.17) is 14.6 Å².